The molecule has 2 aromatic heterocycles. The molecule has 2 rings (SSSR count). The molecule has 2 aromatic rings. The molecule has 0 N–H and O–H groups in total. The monoisotopic (exact) mass is 234 g/mol. The lowest BCUT2D eigenvalue weighted by molar-refractivity contribution is 0.571. The number of pyridine rings is 1. The van der Waals surface area contributed by atoms with Gasteiger partial charge in [0, 0.05) is 11.6 Å². The number of hydrogen-bond acceptors (Lipinski definition) is 3. The van der Waals surface area contributed by atoms with Crippen LogP contribution in [0.15, 0.2) is 24.4 Å². The maximum atomic E-state index is 4.27. The fraction of sp³-hybridized carbons (Fsp3) is 0.455. The highest BCUT2D eigenvalue weighted by Crippen LogP contribution is 2.26. The smallest absolute Gasteiger partial charge is 0.115 e. The summed E-state index contributed by atoms with van der Waals surface area (Å²) in [7, 11) is 1.07. The third-order valence-electron chi connectivity index (χ3n) is 2.15. The molecule has 0 saturated carbocycles. The number of nitrogens with zero attached hydrogens (tertiary/aromatic N) is 4. The van der Waals surface area contributed by atoms with Crippen molar-refractivity contribution in [2.24, 2.45) is 0 Å². The van der Waals surface area contributed by atoms with Gasteiger partial charge in [0.25, 0.3) is 0 Å². The first-order valence-corrected chi connectivity index (χ1v) is 6.08. The van der Waals surface area contributed by atoms with Crippen LogP contribution in [0, 0.1) is 0 Å². The van der Waals surface area contributed by atoms with Crippen LogP contribution >= 0.6 is 8.35 Å². The molecule has 0 fully saturated rings. The first-order chi connectivity index (χ1) is 7.55. The fourth-order valence-corrected chi connectivity index (χ4v) is 2.14. The van der Waals surface area contributed by atoms with Gasteiger partial charge < -0.3 is 0 Å². The van der Waals surface area contributed by atoms with Gasteiger partial charge in [0.05, 0.1) is 20.6 Å². The fourth-order valence-electron chi connectivity index (χ4n) is 1.25. The number of rotatable bonds is 2. The van der Waals surface area contributed by atoms with Gasteiger partial charge in [-0.2, -0.15) is 0 Å². The summed E-state index contributed by atoms with van der Waals surface area (Å²) >= 11 is 0. The van der Waals surface area contributed by atoms with Gasteiger partial charge in [-0.25, -0.2) is 4.44 Å². The van der Waals surface area contributed by atoms with E-state index in [2.05, 4.69) is 36.1 Å². The average Bonchev–Trinajstić information content (AvgIpc) is 2.67. The van der Waals surface area contributed by atoms with Crippen LogP contribution in [0.3, 0.4) is 0 Å². The minimum atomic E-state index is 0.0872. The van der Waals surface area contributed by atoms with Crippen LogP contribution in [0.2, 0.25) is 0 Å². The predicted octanol–water partition coefficient (Wildman–Crippen LogP) is 2.60. The second-order valence-corrected chi connectivity index (χ2v) is 5.80. The van der Waals surface area contributed by atoms with E-state index in [4.69, 9.17) is 0 Å². The third kappa shape index (κ3) is 2.64. The van der Waals surface area contributed by atoms with Gasteiger partial charge in [0.2, 0.25) is 0 Å². The molecule has 0 unspecified atom stereocenters. The second kappa shape index (κ2) is 4.30. The quantitative estimate of drug-likeness (QED) is 0.802. The Morgan fingerprint density at radius 2 is 2.12 bits per heavy atom. The van der Waals surface area contributed by atoms with Crippen LogP contribution in [-0.4, -0.2) is 19.7 Å². The molecule has 0 aromatic carbocycles. The zero-order valence-electron chi connectivity index (χ0n) is 9.75. The summed E-state index contributed by atoms with van der Waals surface area (Å²) in [4.78, 5) is 4.27. The molecule has 0 radical (unpaired) electrons. The standard InChI is InChI=1S/C11H15N4P/c1-11(2,3)10-13-14-15(16-10)8-9-6-4-5-7-12-9/h4-7H,8H2,1-3H3. The summed E-state index contributed by atoms with van der Waals surface area (Å²) in [6, 6.07) is 5.90. The second-order valence-electron chi connectivity index (χ2n) is 4.71. The lowest BCUT2D eigenvalue weighted by Crippen LogP contribution is -2.09. The molecule has 0 amide bonds. The molecule has 4 nitrogen and oxygen atoms in total. The maximum Gasteiger partial charge on any atom is 0.115 e. The minimum Gasteiger partial charge on any atom is -0.259 e. The molecule has 0 spiro atoms. The Labute approximate surface area is 96.9 Å². The summed E-state index contributed by atoms with van der Waals surface area (Å²) in [5.74, 6) is 0. The Bertz CT molecular complexity index is 458. The van der Waals surface area contributed by atoms with Crippen molar-refractivity contribution >= 4 is 8.35 Å². The predicted molar refractivity (Wildman–Crippen MR) is 64.6 cm³/mol. The van der Waals surface area contributed by atoms with Crippen molar-refractivity contribution in [2.45, 2.75) is 32.7 Å². The summed E-state index contributed by atoms with van der Waals surface area (Å²) in [5.41, 5.74) is 2.21. The largest absolute Gasteiger partial charge is 0.259 e. The van der Waals surface area contributed by atoms with Crippen molar-refractivity contribution < 1.29 is 0 Å². The lowest BCUT2D eigenvalue weighted by atomic mass is 9.98. The van der Waals surface area contributed by atoms with Crippen LogP contribution < -0.4 is 0 Å². The molecule has 0 aliphatic carbocycles. The first-order valence-electron chi connectivity index (χ1n) is 5.24. The first kappa shape index (κ1) is 11.2. The molecule has 0 atom stereocenters. The van der Waals surface area contributed by atoms with E-state index in [9.17, 15) is 0 Å². The van der Waals surface area contributed by atoms with E-state index in [1.165, 1.54) is 0 Å². The van der Waals surface area contributed by atoms with Crippen LogP contribution in [0.5, 0.6) is 0 Å². The Balaban J connectivity index is 2.15. The van der Waals surface area contributed by atoms with Gasteiger partial charge in [0.1, 0.15) is 5.43 Å². The van der Waals surface area contributed by atoms with Crippen LogP contribution in [-0.2, 0) is 12.0 Å². The van der Waals surface area contributed by atoms with Crippen molar-refractivity contribution in [3.8, 4) is 0 Å². The Kier molecular flexibility index (Phi) is 3.01. The number of hydrogen-bond donors (Lipinski definition) is 0. The molecule has 0 aliphatic rings. The lowest BCUT2D eigenvalue weighted by Gasteiger charge is -2.12. The van der Waals surface area contributed by atoms with Gasteiger partial charge in [-0.3, -0.25) is 4.98 Å². The van der Waals surface area contributed by atoms with Gasteiger partial charge in [-0.05, 0) is 12.1 Å². The molecule has 2 heterocycles. The van der Waals surface area contributed by atoms with E-state index in [1.54, 1.807) is 6.20 Å². The third-order valence-corrected chi connectivity index (χ3v) is 3.56. The van der Waals surface area contributed by atoms with E-state index in [-0.39, 0.29) is 5.41 Å². The van der Waals surface area contributed by atoms with Gasteiger partial charge in [0.15, 0.2) is 0 Å². The van der Waals surface area contributed by atoms with Gasteiger partial charge in [-0.15, -0.1) is 5.10 Å². The van der Waals surface area contributed by atoms with Crippen molar-refractivity contribution in [3.05, 3.63) is 35.5 Å². The summed E-state index contributed by atoms with van der Waals surface area (Å²) in [5, 5.41) is 8.36. The van der Waals surface area contributed by atoms with Gasteiger partial charge in [-0.1, -0.05) is 32.1 Å². The Morgan fingerprint density at radius 1 is 1.31 bits per heavy atom. The zero-order chi connectivity index (χ0) is 11.6. The highest BCUT2D eigenvalue weighted by molar-refractivity contribution is 7.26. The van der Waals surface area contributed by atoms with E-state index < -0.39 is 0 Å². The van der Waals surface area contributed by atoms with E-state index >= 15 is 0 Å². The minimum absolute atomic E-state index is 0.0872. The molecular formula is C11H15N4P. The average molecular weight is 234 g/mol. The molecule has 0 bridgehead atoms. The maximum absolute atomic E-state index is 4.27. The summed E-state index contributed by atoms with van der Waals surface area (Å²) < 4.78 is 1.92. The van der Waals surface area contributed by atoms with Crippen molar-refractivity contribution in [1.29, 1.82) is 0 Å². The highest BCUT2D eigenvalue weighted by atomic mass is 31.0. The summed E-state index contributed by atoms with van der Waals surface area (Å²) in [6.45, 7) is 7.17. The molecular weight excluding hydrogens is 219 g/mol. The van der Waals surface area contributed by atoms with Crippen molar-refractivity contribution in [3.63, 3.8) is 0 Å². The zero-order valence-corrected chi connectivity index (χ0v) is 10.6. The topological polar surface area (TPSA) is 43.6 Å². The van der Waals surface area contributed by atoms with E-state index in [1.807, 2.05) is 22.6 Å². The summed E-state index contributed by atoms with van der Waals surface area (Å²) in [6.07, 6.45) is 1.80. The Hall–Kier alpha value is -1.28. The molecule has 16 heavy (non-hydrogen) atoms. The van der Waals surface area contributed by atoms with Crippen LogP contribution in [0.25, 0.3) is 0 Å². The SMILES string of the molecule is CC(C)(C)c1nnn(Cc2ccccn2)p1. The van der Waals surface area contributed by atoms with Crippen LogP contribution in [0.1, 0.15) is 31.9 Å². The molecule has 0 aliphatic heterocycles. The highest BCUT2D eigenvalue weighted by Gasteiger charge is 2.18. The Morgan fingerprint density at radius 3 is 2.69 bits per heavy atom. The normalized spacial score (nSPS) is 12.2. The molecule has 0 saturated heterocycles. The van der Waals surface area contributed by atoms with Crippen LogP contribution in [0.4, 0.5) is 0 Å². The van der Waals surface area contributed by atoms with E-state index in [0.717, 1.165) is 19.5 Å². The number of aromatic nitrogens is 4. The van der Waals surface area contributed by atoms with E-state index in [0.29, 0.717) is 6.54 Å². The van der Waals surface area contributed by atoms with Crippen molar-refractivity contribution in [2.75, 3.05) is 0 Å². The molecule has 84 valence electrons. The van der Waals surface area contributed by atoms with Gasteiger partial charge >= 0.3 is 0 Å². The molecule has 5 heteroatoms. The van der Waals surface area contributed by atoms with Crippen molar-refractivity contribution in [1.82, 2.24) is 19.7 Å².